The average molecular weight is 489 g/mol. The minimum absolute atomic E-state index is 0.0326. The Balaban J connectivity index is 1.35. The number of imidazole rings is 1. The highest BCUT2D eigenvalue weighted by Gasteiger charge is 2.52. The largest absolute Gasteiger partial charge is 0.467 e. The molecule has 1 aromatic carbocycles. The third-order valence-electron chi connectivity index (χ3n) is 6.49. The topological polar surface area (TPSA) is 109 Å². The van der Waals surface area contributed by atoms with Gasteiger partial charge < -0.3 is 14.3 Å². The number of halogens is 3. The summed E-state index contributed by atoms with van der Waals surface area (Å²) < 4.78 is 46.4. The number of hydrogen-bond acceptors (Lipinski definition) is 5. The van der Waals surface area contributed by atoms with Gasteiger partial charge in [-0.3, -0.25) is 19.8 Å². The first kappa shape index (κ1) is 22.9. The van der Waals surface area contributed by atoms with Gasteiger partial charge in [-0.15, -0.1) is 0 Å². The molecule has 2 aliphatic rings. The van der Waals surface area contributed by atoms with Crippen LogP contribution in [0.2, 0.25) is 0 Å². The zero-order chi connectivity index (χ0) is 24.8. The number of hydrogen-bond donors (Lipinski definition) is 2. The van der Waals surface area contributed by atoms with Gasteiger partial charge in [-0.05, 0) is 43.2 Å². The highest BCUT2D eigenvalue weighted by Crippen LogP contribution is 2.35. The van der Waals surface area contributed by atoms with Crippen LogP contribution in [0, 0.1) is 0 Å². The summed E-state index contributed by atoms with van der Waals surface area (Å²) in [6, 6.07) is 6.00. The molecule has 2 N–H and O–H groups in total. The first-order chi connectivity index (χ1) is 16.7. The molecule has 0 bridgehead atoms. The Bertz CT molecular complexity index is 1290. The molecular weight excluding hydrogens is 467 g/mol. The summed E-state index contributed by atoms with van der Waals surface area (Å²) in [5.41, 5.74) is -1.29. The molecule has 9 nitrogen and oxygen atoms in total. The normalized spacial score (nSPS) is 17.5. The van der Waals surface area contributed by atoms with Crippen molar-refractivity contribution in [2.75, 3.05) is 11.9 Å². The second kappa shape index (κ2) is 8.43. The van der Waals surface area contributed by atoms with E-state index in [4.69, 9.17) is 4.42 Å². The van der Waals surface area contributed by atoms with Crippen LogP contribution in [0.4, 0.5) is 23.9 Å². The molecule has 4 amide bonds. The molecule has 184 valence electrons. The lowest BCUT2D eigenvalue weighted by molar-refractivity contribution is -0.137. The maximum absolute atomic E-state index is 13.2. The van der Waals surface area contributed by atoms with E-state index in [2.05, 4.69) is 15.6 Å². The minimum Gasteiger partial charge on any atom is -0.467 e. The van der Waals surface area contributed by atoms with E-state index < -0.39 is 29.2 Å². The summed E-state index contributed by atoms with van der Waals surface area (Å²) in [5, 5.41) is 5.36. The van der Waals surface area contributed by atoms with Gasteiger partial charge in [0.05, 0.1) is 29.4 Å². The second-order valence-electron chi connectivity index (χ2n) is 8.78. The molecule has 0 atom stereocenters. The van der Waals surface area contributed by atoms with Gasteiger partial charge in [0.1, 0.15) is 11.3 Å². The van der Waals surface area contributed by atoms with Crippen molar-refractivity contribution >= 4 is 34.8 Å². The van der Waals surface area contributed by atoms with Gasteiger partial charge in [0.15, 0.2) is 0 Å². The Morgan fingerprint density at radius 3 is 2.66 bits per heavy atom. The van der Waals surface area contributed by atoms with Crippen LogP contribution in [-0.4, -0.2) is 44.4 Å². The van der Waals surface area contributed by atoms with Crippen LogP contribution < -0.4 is 10.6 Å². The van der Waals surface area contributed by atoms with Gasteiger partial charge in [0.25, 0.3) is 5.91 Å². The third kappa shape index (κ3) is 4.24. The Hall–Kier alpha value is -3.83. The highest BCUT2D eigenvalue weighted by atomic mass is 19.4. The van der Waals surface area contributed by atoms with Gasteiger partial charge in [0.2, 0.25) is 11.9 Å². The number of carbonyl (C=O) groups excluding carboxylic acids is 3. The molecule has 1 saturated heterocycles. The van der Waals surface area contributed by atoms with Crippen molar-refractivity contribution in [2.45, 2.75) is 50.4 Å². The van der Waals surface area contributed by atoms with Crippen LogP contribution >= 0.6 is 0 Å². The number of benzene rings is 1. The summed E-state index contributed by atoms with van der Waals surface area (Å²) in [6.45, 7) is 0.00883. The van der Waals surface area contributed by atoms with E-state index in [1.165, 1.54) is 16.9 Å². The highest BCUT2D eigenvalue weighted by molar-refractivity contribution is 6.07. The monoisotopic (exact) mass is 489 g/mol. The lowest BCUT2D eigenvalue weighted by Crippen LogP contribution is -2.44. The third-order valence-corrected chi connectivity index (χ3v) is 6.49. The molecule has 0 unspecified atom stereocenters. The standard InChI is InChI=1S/C23H22F3N5O4/c24-23(25,26)14-5-6-17-16(12-14)27-20(31(17)13-15-4-3-11-35-15)28-18(32)7-10-30-19(33)22(29-21(30)34)8-1-2-9-22/h3-6,11-12H,1-2,7-10,13H2,(H,29,34)(H,27,28,32). The number of furan rings is 1. The van der Waals surface area contributed by atoms with Crippen LogP contribution in [0.1, 0.15) is 43.4 Å². The number of fused-ring (bicyclic) bond motifs is 1. The van der Waals surface area contributed by atoms with E-state index in [0.29, 0.717) is 24.1 Å². The van der Waals surface area contributed by atoms with Gasteiger partial charge in [-0.25, -0.2) is 9.78 Å². The Morgan fingerprint density at radius 2 is 1.97 bits per heavy atom. The van der Waals surface area contributed by atoms with Crippen LogP contribution in [0.25, 0.3) is 11.0 Å². The summed E-state index contributed by atoms with van der Waals surface area (Å²) in [6.07, 6.45) is -0.406. The summed E-state index contributed by atoms with van der Waals surface area (Å²) in [7, 11) is 0. The SMILES string of the molecule is O=C(CCN1C(=O)NC2(CCCC2)C1=O)Nc1nc2cc(C(F)(F)F)ccc2n1Cc1ccco1. The predicted octanol–water partition coefficient (Wildman–Crippen LogP) is 3.89. The Morgan fingerprint density at radius 1 is 1.20 bits per heavy atom. The molecular formula is C23H22F3N5O4. The first-order valence-corrected chi connectivity index (χ1v) is 11.2. The zero-order valence-corrected chi connectivity index (χ0v) is 18.5. The molecule has 5 rings (SSSR count). The molecule has 1 saturated carbocycles. The van der Waals surface area contributed by atoms with Crippen molar-refractivity contribution in [3.05, 3.63) is 47.9 Å². The summed E-state index contributed by atoms with van der Waals surface area (Å²) >= 11 is 0. The van der Waals surface area contributed by atoms with Crippen molar-refractivity contribution < 1.29 is 32.0 Å². The fourth-order valence-electron chi connectivity index (χ4n) is 4.72. The van der Waals surface area contributed by atoms with Crippen LogP contribution in [0.5, 0.6) is 0 Å². The Kier molecular flexibility index (Phi) is 5.53. The van der Waals surface area contributed by atoms with Crippen molar-refractivity contribution in [2.24, 2.45) is 0 Å². The number of amides is 4. The van der Waals surface area contributed by atoms with Crippen molar-refractivity contribution in [3.8, 4) is 0 Å². The van der Waals surface area contributed by atoms with Gasteiger partial charge >= 0.3 is 12.2 Å². The molecule has 1 spiro atoms. The molecule has 3 aromatic rings. The average Bonchev–Trinajstić information content (AvgIpc) is 3.58. The fourth-order valence-corrected chi connectivity index (χ4v) is 4.72. The van der Waals surface area contributed by atoms with Crippen LogP contribution in [0.15, 0.2) is 41.0 Å². The molecule has 2 fully saturated rings. The van der Waals surface area contributed by atoms with Gasteiger partial charge in [-0.2, -0.15) is 13.2 Å². The molecule has 0 radical (unpaired) electrons. The minimum atomic E-state index is -4.54. The zero-order valence-electron chi connectivity index (χ0n) is 18.5. The van der Waals surface area contributed by atoms with E-state index in [1.807, 2.05) is 0 Å². The fraction of sp³-hybridized carbons (Fsp3) is 0.391. The maximum Gasteiger partial charge on any atom is 0.416 e. The maximum atomic E-state index is 13.2. The molecule has 1 aliphatic heterocycles. The van der Waals surface area contributed by atoms with E-state index in [0.717, 1.165) is 29.9 Å². The molecule has 35 heavy (non-hydrogen) atoms. The van der Waals surface area contributed by atoms with Gasteiger partial charge in [0, 0.05) is 13.0 Å². The molecule has 12 heteroatoms. The van der Waals surface area contributed by atoms with Crippen molar-refractivity contribution in [3.63, 3.8) is 0 Å². The number of urea groups is 1. The van der Waals surface area contributed by atoms with E-state index in [9.17, 15) is 27.6 Å². The number of nitrogens with zero attached hydrogens (tertiary/aromatic N) is 3. The van der Waals surface area contributed by atoms with Gasteiger partial charge in [-0.1, -0.05) is 12.8 Å². The lowest BCUT2D eigenvalue weighted by Gasteiger charge is -2.19. The second-order valence-corrected chi connectivity index (χ2v) is 8.78. The number of rotatable bonds is 6. The number of alkyl halides is 3. The Labute approximate surface area is 197 Å². The molecule has 1 aliphatic carbocycles. The first-order valence-electron chi connectivity index (χ1n) is 11.2. The molecule has 2 aromatic heterocycles. The number of nitrogens with one attached hydrogen (secondary N) is 2. The number of aromatic nitrogens is 2. The van der Waals surface area contributed by atoms with Crippen LogP contribution in [-0.2, 0) is 22.3 Å². The number of carbonyl (C=O) groups is 3. The molecule has 3 heterocycles. The summed E-state index contributed by atoms with van der Waals surface area (Å²) in [5.74, 6) is -0.311. The van der Waals surface area contributed by atoms with E-state index >= 15 is 0 Å². The smallest absolute Gasteiger partial charge is 0.416 e. The van der Waals surface area contributed by atoms with E-state index in [-0.39, 0.29) is 36.9 Å². The predicted molar refractivity (Wildman–Crippen MR) is 117 cm³/mol. The lowest BCUT2D eigenvalue weighted by atomic mass is 9.98. The van der Waals surface area contributed by atoms with Crippen molar-refractivity contribution in [1.29, 1.82) is 0 Å². The quantitative estimate of drug-likeness (QED) is 0.511. The summed E-state index contributed by atoms with van der Waals surface area (Å²) in [4.78, 5) is 43.1. The van der Waals surface area contributed by atoms with E-state index in [1.54, 1.807) is 12.1 Å². The van der Waals surface area contributed by atoms with Crippen molar-refractivity contribution in [1.82, 2.24) is 19.8 Å². The van der Waals surface area contributed by atoms with Crippen LogP contribution in [0.3, 0.4) is 0 Å². The number of anilines is 1. The number of imide groups is 1.